The Morgan fingerprint density at radius 2 is 0.844 bits per heavy atom. The van der Waals surface area contributed by atoms with Crippen LogP contribution < -0.4 is 4.74 Å². The van der Waals surface area contributed by atoms with Crippen LogP contribution in [0.15, 0.2) is 218 Å². The van der Waals surface area contributed by atoms with Crippen LogP contribution in [0.2, 0.25) is 0 Å². The number of hydrogen-bond acceptors (Lipinski definition) is 5. The maximum absolute atomic E-state index is 6.64. The van der Waals surface area contributed by atoms with Crippen molar-refractivity contribution in [3.05, 3.63) is 241 Å². The largest absolute Gasteiger partial charge is 0.457 e. The van der Waals surface area contributed by atoms with Crippen molar-refractivity contribution in [3.8, 4) is 79.2 Å². The molecule has 0 saturated carbocycles. The second kappa shape index (κ2) is 14.3. The number of nitrogens with zero attached hydrogens (tertiary/aromatic N) is 4. The van der Waals surface area contributed by atoms with Crippen molar-refractivity contribution in [1.82, 2.24) is 19.9 Å². The van der Waals surface area contributed by atoms with Gasteiger partial charge in [0.05, 0.1) is 16.6 Å². The van der Waals surface area contributed by atoms with Gasteiger partial charge in [0.15, 0.2) is 17.5 Å². The number of rotatable bonds is 5. The molecular weight excluding hydrogens is 781 g/mol. The first-order chi connectivity index (χ1) is 31.7. The third-order valence-electron chi connectivity index (χ3n) is 13.0. The van der Waals surface area contributed by atoms with Crippen LogP contribution in [0.4, 0.5) is 0 Å². The zero-order valence-electron chi connectivity index (χ0n) is 34.5. The molecule has 0 atom stereocenters. The van der Waals surface area contributed by atoms with E-state index in [4.69, 9.17) is 24.7 Å². The molecule has 9 aromatic carbocycles. The number of ether oxygens (including phenoxy) is 1. The first kappa shape index (κ1) is 36.1. The standard InChI is InChI=1S/C59H36N4O/c1-3-17-37(18-4-1)39-21-15-23-41(35-39)57-61-56(38-19-5-2-6-20-38)62-58(63-57)42-24-16-22-40(36-42)55-45-33-34-49-54(53(45)44-26-8-12-30-50(44)60-55)43-25-7-9-27-46(43)59(49)47-28-10-13-31-51(47)64-52-32-14-11-29-48(52)59/h1-36H. The Morgan fingerprint density at radius 1 is 0.328 bits per heavy atom. The molecule has 5 heteroatoms. The molecule has 13 rings (SSSR count). The average Bonchev–Trinajstić information content (AvgIpc) is 3.67. The van der Waals surface area contributed by atoms with Gasteiger partial charge in [0, 0.05) is 49.5 Å². The lowest BCUT2D eigenvalue weighted by molar-refractivity contribution is 0.436. The van der Waals surface area contributed by atoms with E-state index in [9.17, 15) is 0 Å². The summed E-state index contributed by atoms with van der Waals surface area (Å²) < 4.78 is 6.64. The van der Waals surface area contributed by atoms with Crippen molar-refractivity contribution >= 4 is 21.7 Å². The monoisotopic (exact) mass is 816 g/mol. The predicted octanol–water partition coefficient (Wildman–Crippen LogP) is 14.4. The van der Waals surface area contributed by atoms with Gasteiger partial charge in [-0.3, -0.25) is 0 Å². The number of hydrogen-bond donors (Lipinski definition) is 0. The molecule has 0 fully saturated rings. The lowest BCUT2D eigenvalue weighted by atomic mass is 9.66. The Morgan fingerprint density at radius 3 is 1.55 bits per heavy atom. The molecule has 298 valence electrons. The van der Waals surface area contributed by atoms with Crippen LogP contribution in [0.3, 0.4) is 0 Å². The Labute approximate surface area is 370 Å². The van der Waals surface area contributed by atoms with Gasteiger partial charge in [-0.05, 0) is 63.7 Å². The summed E-state index contributed by atoms with van der Waals surface area (Å²) in [6.45, 7) is 0. The van der Waals surface area contributed by atoms with Crippen LogP contribution in [0, 0.1) is 0 Å². The fourth-order valence-corrected chi connectivity index (χ4v) is 10.2. The molecule has 64 heavy (non-hydrogen) atoms. The summed E-state index contributed by atoms with van der Waals surface area (Å²) in [6, 6.07) is 76.6. The van der Waals surface area contributed by atoms with Crippen molar-refractivity contribution in [3.63, 3.8) is 0 Å². The van der Waals surface area contributed by atoms with E-state index in [1.54, 1.807) is 0 Å². The molecule has 3 heterocycles. The smallest absolute Gasteiger partial charge is 0.164 e. The molecule has 1 aliphatic carbocycles. The summed E-state index contributed by atoms with van der Waals surface area (Å²) >= 11 is 0. The Kier molecular flexibility index (Phi) is 8.06. The van der Waals surface area contributed by atoms with Crippen LogP contribution in [0.5, 0.6) is 11.5 Å². The maximum Gasteiger partial charge on any atom is 0.164 e. The number of fused-ring (bicyclic) bond motifs is 13. The SMILES string of the molecule is c1ccc(-c2cccc(-c3nc(-c4ccccc4)nc(-c4cccc(-c5nc6ccccc6c6c7c(ccc56)C5(c6ccccc6Oc6ccccc65)c5ccccc5-7)c4)n3)c2)cc1. The van der Waals surface area contributed by atoms with Crippen molar-refractivity contribution in [2.24, 2.45) is 0 Å². The summed E-state index contributed by atoms with van der Waals surface area (Å²) in [5.41, 5.74) is 14.4. The van der Waals surface area contributed by atoms with E-state index in [-0.39, 0.29) is 0 Å². The van der Waals surface area contributed by atoms with E-state index < -0.39 is 5.41 Å². The molecule has 11 aromatic rings. The summed E-state index contributed by atoms with van der Waals surface area (Å²) in [4.78, 5) is 20.8. The molecule has 2 aromatic heterocycles. The van der Waals surface area contributed by atoms with Gasteiger partial charge >= 0.3 is 0 Å². The zero-order valence-corrected chi connectivity index (χ0v) is 34.5. The zero-order chi connectivity index (χ0) is 42.2. The fourth-order valence-electron chi connectivity index (χ4n) is 10.2. The number of para-hydroxylation sites is 3. The minimum absolute atomic E-state index is 0.580. The molecule has 1 spiro atoms. The van der Waals surface area contributed by atoms with Gasteiger partial charge in [-0.1, -0.05) is 188 Å². The van der Waals surface area contributed by atoms with Crippen LogP contribution in [-0.2, 0) is 5.41 Å². The van der Waals surface area contributed by atoms with Gasteiger partial charge in [0.1, 0.15) is 11.5 Å². The third-order valence-corrected chi connectivity index (χ3v) is 13.0. The maximum atomic E-state index is 6.64. The highest BCUT2D eigenvalue weighted by atomic mass is 16.5. The second-order valence-electron chi connectivity index (χ2n) is 16.5. The predicted molar refractivity (Wildman–Crippen MR) is 257 cm³/mol. The lowest BCUT2D eigenvalue weighted by Gasteiger charge is -2.39. The summed E-state index contributed by atoms with van der Waals surface area (Å²) in [6.07, 6.45) is 0. The van der Waals surface area contributed by atoms with Gasteiger partial charge in [-0.2, -0.15) is 0 Å². The van der Waals surface area contributed by atoms with Gasteiger partial charge in [-0.15, -0.1) is 0 Å². The third kappa shape index (κ3) is 5.44. The number of pyridine rings is 1. The number of benzene rings is 9. The second-order valence-corrected chi connectivity index (χ2v) is 16.5. The van der Waals surface area contributed by atoms with E-state index in [2.05, 4.69) is 182 Å². The van der Waals surface area contributed by atoms with E-state index in [1.165, 1.54) is 27.6 Å². The Balaban J connectivity index is 1.03. The lowest BCUT2D eigenvalue weighted by Crippen LogP contribution is -2.32. The van der Waals surface area contributed by atoms with Crippen LogP contribution in [0.25, 0.3) is 89.4 Å². The number of aromatic nitrogens is 4. The average molecular weight is 817 g/mol. The van der Waals surface area contributed by atoms with E-state index >= 15 is 0 Å². The Bertz CT molecular complexity index is 3610. The molecule has 0 radical (unpaired) electrons. The molecule has 1 aliphatic heterocycles. The fraction of sp³-hybridized carbons (Fsp3) is 0.0169. The van der Waals surface area contributed by atoms with Crippen LogP contribution in [0.1, 0.15) is 22.3 Å². The molecule has 2 aliphatic rings. The highest BCUT2D eigenvalue weighted by Crippen LogP contribution is 2.63. The van der Waals surface area contributed by atoms with Gasteiger partial charge in [-0.25, -0.2) is 19.9 Å². The normalized spacial score (nSPS) is 12.9. The van der Waals surface area contributed by atoms with E-state index in [0.717, 1.165) is 78.0 Å². The highest BCUT2D eigenvalue weighted by Gasteiger charge is 2.51. The van der Waals surface area contributed by atoms with Crippen molar-refractivity contribution < 1.29 is 4.74 Å². The first-order valence-electron chi connectivity index (χ1n) is 21.6. The quantitative estimate of drug-likeness (QED) is 0.162. The molecule has 0 amide bonds. The van der Waals surface area contributed by atoms with Gasteiger partial charge in [0.25, 0.3) is 0 Å². The van der Waals surface area contributed by atoms with Crippen LogP contribution >= 0.6 is 0 Å². The van der Waals surface area contributed by atoms with Crippen molar-refractivity contribution in [1.29, 1.82) is 0 Å². The van der Waals surface area contributed by atoms with Crippen LogP contribution in [-0.4, -0.2) is 19.9 Å². The molecule has 0 saturated heterocycles. The van der Waals surface area contributed by atoms with Crippen molar-refractivity contribution in [2.75, 3.05) is 0 Å². The molecular formula is C59H36N4O. The van der Waals surface area contributed by atoms with E-state index in [0.29, 0.717) is 17.5 Å². The van der Waals surface area contributed by atoms with E-state index in [1.807, 2.05) is 36.4 Å². The topological polar surface area (TPSA) is 60.8 Å². The van der Waals surface area contributed by atoms with Gasteiger partial charge < -0.3 is 4.74 Å². The molecule has 0 unspecified atom stereocenters. The summed E-state index contributed by atoms with van der Waals surface area (Å²) in [7, 11) is 0. The van der Waals surface area contributed by atoms with Crippen molar-refractivity contribution in [2.45, 2.75) is 5.41 Å². The summed E-state index contributed by atoms with van der Waals surface area (Å²) in [5.74, 6) is 3.57. The minimum Gasteiger partial charge on any atom is -0.457 e. The van der Waals surface area contributed by atoms with Gasteiger partial charge in [0.2, 0.25) is 0 Å². The minimum atomic E-state index is -0.580. The highest BCUT2D eigenvalue weighted by molar-refractivity contribution is 6.19. The molecule has 0 bridgehead atoms. The molecule has 0 N–H and O–H groups in total. The summed E-state index contributed by atoms with van der Waals surface area (Å²) in [5, 5.41) is 3.37. The molecule has 5 nitrogen and oxygen atoms in total. The Hall–Kier alpha value is -8.54. The first-order valence-corrected chi connectivity index (χ1v) is 21.6.